The monoisotopic (exact) mass is 263 g/mol. The molecule has 100 valence electrons. The maximum Gasteiger partial charge on any atom is 0.100 e. The van der Waals surface area contributed by atoms with Crippen LogP contribution in [0.2, 0.25) is 0 Å². The normalized spacial score (nSPS) is 10.8. The van der Waals surface area contributed by atoms with Crippen molar-refractivity contribution in [2.45, 2.75) is 13.8 Å². The molecule has 3 rings (SSSR count). The van der Waals surface area contributed by atoms with Crippen molar-refractivity contribution in [3.8, 4) is 22.4 Å². The maximum atomic E-state index is 4.64. The van der Waals surface area contributed by atoms with Gasteiger partial charge in [0.05, 0.1) is 0 Å². The van der Waals surface area contributed by atoms with Crippen molar-refractivity contribution in [2.75, 3.05) is 0 Å². The molecule has 0 radical (unpaired) electrons. The Morgan fingerprint density at radius 3 is 2.65 bits per heavy atom. The molecule has 3 nitrogen and oxygen atoms in total. The van der Waals surface area contributed by atoms with Crippen molar-refractivity contribution in [3.63, 3.8) is 0 Å². The summed E-state index contributed by atoms with van der Waals surface area (Å²) in [6, 6.07) is 10.5. The Bertz CT molecular complexity index is 756. The molecule has 0 unspecified atom stereocenters. The van der Waals surface area contributed by atoms with E-state index in [2.05, 4.69) is 54.4 Å². The quantitative estimate of drug-likeness (QED) is 0.704. The third kappa shape index (κ3) is 2.23. The van der Waals surface area contributed by atoms with Crippen LogP contribution in [0, 0.1) is 13.8 Å². The third-order valence-corrected chi connectivity index (χ3v) is 3.43. The first kappa shape index (κ1) is 12.6. The highest BCUT2D eigenvalue weighted by Crippen LogP contribution is 2.32. The average molecular weight is 263 g/mol. The number of nitrogens with zero attached hydrogens (tertiary/aromatic N) is 3. The van der Waals surface area contributed by atoms with Crippen LogP contribution in [0.15, 0.2) is 48.9 Å². The van der Waals surface area contributed by atoms with Crippen molar-refractivity contribution in [2.24, 2.45) is 7.05 Å². The highest BCUT2D eigenvalue weighted by Gasteiger charge is 2.13. The van der Waals surface area contributed by atoms with E-state index in [9.17, 15) is 0 Å². The van der Waals surface area contributed by atoms with E-state index in [0.717, 1.165) is 22.4 Å². The lowest BCUT2D eigenvalue weighted by atomic mass is 9.99. The maximum absolute atomic E-state index is 4.64. The second-order valence-corrected chi connectivity index (χ2v) is 5.13. The van der Waals surface area contributed by atoms with Gasteiger partial charge >= 0.3 is 0 Å². The molecule has 2 aromatic heterocycles. The summed E-state index contributed by atoms with van der Waals surface area (Å²) in [5.41, 5.74) is 6.90. The van der Waals surface area contributed by atoms with E-state index in [4.69, 9.17) is 0 Å². The molecule has 0 atom stereocenters. The highest BCUT2D eigenvalue weighted by molar-refractivity contribution is 5.81. The molecule has 3 heteroatoms. The fourth-order valence-corrected chi connectivity index (χ4v) is 2.45. The van der Waals surface area contributed by atoms with E-state index in [-0.39, 0.29) is 0 Å². The molecule has 0 fully saturated rings. The van der Waals surface area contributed by atoms with Gasteiger partial charge in [0.25, 0.3) is 0 Å². The van der Waals surface area contributed by atoms with Gasteiger partial charge in [-0.15, -0.1) is 0 Å². The van der Waals surface area contributed by atoms with Gasteiger partial charge in [-0.05, 0) is 31.0 Å². The number of aromatic nitrogens is 3. The Labute approximate surface area is 118 Å². The van der Waals surface area contributed by atoms with Crippen molar-refractivity contribution in [1.29, 1.82) is 0 Å². The number of hydrogen-bond donors (Lipinski definition) is 0. The summed E-state index contributed by atoms with van der Waals surface area (Å²) >= 11 is 0. The van der Waals surface area contributed by atoms with Crippen molar-refractivity contribution < 1.29 is 0 Å². The summed E-state index contributed by atoms with van der Waals surface area (Å²) in [4.78, 5) is 4.16. The first-order valence-electron chi connectivity index (χ1n) is 6.67. The Morgan fingerprint density at radius 1 is 1.05 bits per heavy atom. The molecule has 0 saturated heterocycles. The molecular formula is C17H17N3. The van der Waals surface area contributed by atoms with Crippen molar-refractivity contribution in [1.82, 2.24) is 14.8 Å². The fraction of sp³-hybridized carbons (Fsp3) is 0.176. The molecule has 0 saturated carbocycles. The number of aryl methyl sites for hydroxylation is 3. The van der Waals surface area contributed by atoms with Crippen molar-refractivity contribution in [3.05, 3.63) is 60.0 Å². The van der Waals surface area contributed by atoms with Crippen LogP contribution in [0.5, 0.6) is 0 Å². The smallest absolute Gasteiger partial charge is 0.100 e. The topological polar surface area (TPSA) is 30.7 Å². The standard InChI is InChI=1S/C17H17N3/c1-12-5-4-6-14(9-12)16-11-20(3)19-17(16)15-7-8-18-10-13(15)2/h4-11H,1-3H3. The minimum absolute atomic E-state index is 1.01. The molecule has 0 spiro atoms. The van der Waals surface area contributed by atoms with E-state index < -0.39 is 0 Å². The van der Waals surface area contributed by atoms with Crippen LogP contribution >= 0.6 is 0 Å². The van der Waals surface area contributed by atoms with E-state index >= 15 is 0 Å². The predicted octanol–water partition coefficient (Wildman–Crippen LogP) is 3.77. The van der Waals surface area contributed by atoms with Gasteiger partial charge in [0.15, 0.2) is 0 Å². The lowest BCUT2D eigenvalue weighted by molar-refractivity contribution is 0.771. The summed E-state index contributed by atoms with van der Waals surface area (Å²) in [6.45, 7) is 4.17. The number of rotatable bonds is 2. The number of hydrogen-bond acceptors (Lipinski definition) is 2. The predicted molar refractivity (Wildman–Crippen MR) is 81.3 cm³/mol. The van der Waals surface area contributed by atoms with Crippen molar-refractivity contribution >= 4 is 0 Å². The lowest BCUT2D eigenvalue weighted by Crippen LogP contribution is -1.90. The van der Waals surface area contributed by atoms with E-state index in [0.29, 0.717) is 0 Å². The average Bonchev–Trinajstić information content (AvgIpc) is 2.81. The summed E-state index contributed by atoms with van der Waals surface area (Å²) in [5, 5.41) is 4.64. The molecule has 0 aliphatic heterocycles. The van der Waals surface area contributed by atoms with Gasteiger partial charge in [-0.25, -0.2) is 0 Å². The Morgan fingerprint density at radius 2 is 1.90 bits per heavy atom. The summed E-state index contributed by atoms with van der Waals surface area (Å²) in [6.07, 6.45) is 5.77. The van der Waals surface area contributed by atoms with Crippen LogP contribution in [0.1, 0.15) is 11.1 Å². The molecule has 2 heterocycles. The SMILES string of the molecule is Cc1cccc(-c2cn(C)nc2-c2ccncc2C)c1. The molecule has 0 aliphatic carbocycles. The van der Waals surface area contributed by atoms with Gasteiger partial charge in [-0.2, -0.15) is 5.10 Å². The summed E-state index contributed by atoms with van der Waals surface area (Å²) in [7, 11) is 1.96. The Kier molecular flexibility index (Phi) is 3.11. The molecule has 1 aromatic carbocycles. The largest absolute Gasteiger partial charge is 0.275 e. The fourth-order valence-electron chi connectivity index (χ4n) is 2.45. The molecule has 3 aromatic rings. The summed E-state index contributed by atoms with van der Waals surface area (Å²) < 4.78 is 1.87. The van der Waals surface area contributed by atoms with E-state index in [1.165, 1.54) is 11.1 Å². The second-order valence-electron chi connectivity index (χ2n) is 5.13. The van der Waals surface area contributed by atoms with Gasteiger partial charge in [-0.1, -0.05) is 29.8 Å². The molecule has 0 aliphatic rings. The van der Waals surface area contributed by atoms with Crippen LogP contribution in [0.3, 0.4) is 0 Å². The third-order valence-electron chi connectivity index (χ3n) is 3.43. The summed E-state index contributed by atoms with van der Waals surface area (Å²) in [5.74, 6) is 0. The minimum atomic E-state index is 1.01. The number of pyridine rings is 1. The number of benzene rings is 1. The second kappa shape index (κ2) is 4.93. The highest BCUT2D eigenvalue weighted by atomic mass is 15.3. The lowest BCUT2D eigenvalue weighted by Gasteiger charge is -2.06. The molecular weight excluding hydrogens is 246 g/mol. The van der Waals surface area contributed by atoms with Gasteiger partial charge in [0.2, 0.25) is 0 Å². The van der Waals surface area contributed by atoms with Crippen LogP contribution in [-0.2, 0) is 7.05 Å². The van der Waals surface area contributed by atoms with E-state index in [1.807, 2.05) is 30.2 Å². The first-order valence-corrected chi connectivity index (χ1v) is 6.67. The van der Waals surface area contributed by atoms with Gasteiger partial charge < -0.3 is 0 Å². The van der Waals surface area contributed by atoms with Crippen LogP contribution in [-0.4, -0.2) is 14.8 Å². The Hall–Kier alpha value is -2.42. The van der Waals surface area contributed by atoms with Gasteiger partial charge in [-0.3, -0.25) is 9.67 Å². The minimum Gasteiger partial charge on any atom is -0.275 e. The van der Waals surface area contributed by atoms with Gasteiger partial charge in [0.1, 0.15) is 5.69 Å². The Balaban J connectivity index is 2.21. The van der Waals surface area contributed by atoms with Crippen LogP contribution in [0.25, 0.3) is 22.4 Å². The van der Waals surface area contributed by atoms with Gasteiger partial charge in [0, 0.05) is 36.8 Å². The zero-order valence-corrected chi connectivity index (χ0v) is 12.0. The first-order chi connectivity index (χ1) is 9.65. The van der Waals surface area contributed by atoms with Crippen LogP contribution in [0.4, 0.5) is 0 Å². The van der Waals surface area contributed by atoms with Crippen LogP contribution < -0.4 is 0 Å². The molecule has 0 amide bonds. The zero-order valence-electron chi connectivity index (χ0n) is 12.0. The molecule has 0 N–H and O–H groups in total. The van der Waals surface area contributed by atoms with E-state index in [1.54, 1.807) is 0 Å². The molecule has 20 heavy (non-hydrogen) atoms. The zero-order chi connectivity index (χ0) is 14.1. The molecule has 0 bridgehead atoms.